The van der Waals surface area contributed by atoms with Gasteiger partial charge in [-0.3, -0.25) is 0 Å². The lowest BCUT2D eigenvalue weighted by Gasteiger charge is -2.16. The van der Waals surface area contributed by atoms with E-state index < -0.39 is 0 Å². The summed E-state index contributed by atoms with van der Waals surface area (Å²) >= 11 is 0. The Labute approximate surface area is 146 Å². The van der Waals surface area contributed by atoms with Crippen molar-refractivity contribution >= 4 is 5.96 Å². The molecule has 0 bridgehead atoms. The number of benzene rings is 1. The fourth-order valence-electron chi connectivity index (χ4n) is 2.93. The van der Waals surface area contributed by atoms with E-state index in [-0.39, 0.29) is 0 Å². The van der Waals surface area contributed by atoms with Gasteiger partial charge in [-0.25, -0.2) is 4.99 Å². The molecule has 1 saturated carbocycles. The van der Waals surface area contributed by atoms with Gasteiger partial charge in [0, 0.05) is 12.6 Å². The summed E-state index contributed by atoms with van der Waals surface area (Å²) in [5.41, 5.74) is 7.17. The highest BCUT2D eigenvalue weighted by atomic mass is 16.5. The molecule has 0 spiro atoms. The Morgan fingerprint density at radius 1 is 1.25 bits per heavy atom. The van der Waals surface area contributed by atoms with Crippen LogP contribution in [0.3, 0.4) is 0 Å². The number of ether oxygens (including phenoxy) is 1. The molecule has 1 aromatic rings. The summed E-state index contributed by atoms with van der Waals surface area (Å²) in [6.07, 6.45) is 7.66. The number of nitrogens with two attached hydrogens (primary N) is 1. The highest BCUT2D eigenvalue weighted by molar-refractivity contribution is 5.78. The molecular formula is C19H32N4O. The molecule has 1 aliphatic rings. The molecule has 0 radical (unpaired) electrons. The maximum atomic E-state index is 6.06. The van der Waals surface area contributed by atoms with Gasteiger partial charge < -0.3 is 20.7 Å². The molecule has 0 unspecified atom stereocenters. The van der Waals surface area contributed by atoms with Crippen LogP contribution < -0.4 is 15.8 Å². The van der Waals surface area contributed by atoms with Gasteiger partial charge in [-0.05, 0) is 44.6 Å². The third-order valence-corrected chi connectivity index (χ3v) is 4.34. The van der Waals surface area contributed by atoms with Crippen molar-refractivity contribution in [3.8, 4) is 5.75 Å². The van der Waals surface area contributed by atoms with Gasteiger partial charge in [0.15, 0.2) is 5.96 Å². The van der Waals surface area contributed by atoms with Crippen LogP contribution >= 0.6 is 0 Å². The number of nitrogens with one attached hydrogen (secondary N) is 1. The van der Waals surface area contributed by atoms with Crippen LogP contribution in [0.15, 0.2) is 29.3 Å². The fourth-order valence-corrected chi connectivity index (χ4v) is 2.93. The topological polar surface area (TPSA) is 62.9 Å². The molecule has 2 rings (SSSR count). The lowest BCUT2D eigenvalue weighted by atomic mass is 10.1. The molecule has 1 aromatic carbocycles. The molecule has 0 atom stereocenters. The minimum absolute atomic E-state index is 0.483. The molecule has 0 heterocycles. The van der Waals surface area contributed by atoms with E-state index in [0.29, 0.717) is 25.2 Å². The second-order valence-corrected chi connectivity index (χ2v) is 6.83. The van der Waals surface area contributed by atoms with Crippen molar-refractivity contribution in [3.63, 3.8) is 0 Å². The second-order valence-electron chi connectivity index (χ2n) is 6.83. The third kappa shape index (κ3) is 7.21. The summed E-state index contributed by atoms with van der Waals surface area (Å²) in [6, 6.07) is 8.57. The summed E-state index contributed by atoms with van der Waals surface area (Å²) in [4.78, 5) is 6.59. The normalized spacial score (nSPS) is 16.9. The van der Waals surface area contributed by atoms with Gasteiger partial charge in [0.05, 0.1) is 6.54 Å². The SMILES string of the molecule is CN(C)CCOc1cccc(CN=C(N)NC2CCCCCC2)c1. The van der Waals surface area contributed by atoms with E-state index in [1.165, 1.54) is 38.5 Å². The average molecular weight is 332 g/mol. The van der Waals surface area contributed by atoms with Gasteiger partial charge in [0.2, 0.25) is 0 Å². The molecule has 5 nitrogen and oxygen atoms in total. The molecule has 1 aliphatic carbocycles. The van der Waals surface area contributed by atoms with E-state index in [0.717, 1.165) is 17.9 Å². The molecule has 0 aliphatic heterocycles. The standard InChI is InChI=1S/C19H32N4O/c1-23(2)12-13-24-18-11-7-8-16(14-18)15-21-19(20)22-17-9-5-3-4-6-10-17/h7-8,11,14,17H,3-6,9-10,12-13,15H2,1-2H3,(H3,20,21,22). The molecule has 134 valence electrons. The monoisotopic (exact) mass is 332 g/mol. The quantitative estimate of drug-likeness (QED) is 0.458. The Balaban J connectivity index is 1.81. The number of hydrogen-bond donors (Lipinski definition) is 2. The van der Waals surface area contributed by atoms with E-state index in [1.807, 2.05) is 32.3 Å². The molecule has 24 heavy (non-hydrogen) atoms. The summed E-state index contributed by atoms with van der Waals surface area (Å²) in [7, 11) is 4.08. The van der Waals surface area contributed by atoms with Gasteiger partial charge in [-0.1, -0.05) is 37.8 Å². The van der Waals surface area contributed by atoms with E-state index in [1.54, 1.807) is 0 Å². The predicted octanol–water partition coefficient (Wildman–Crippen LogP) is 2.75. The maximum Gasteiger partial charge on any atom is 0.189 e. The largest absolute Gasteiger partial charge is 0.492 e. The Kier molecular flexibility index (Phi) is 7.89. The summed E-state index contributed by atoms with van der Waals surface area (Å²) < 4.78 is 5.76. The van der Waals surface area contributed by atoms with Gasteiger partial charge in [-0.15, -0.1) is 0 Å². The maximum absolute atomic E-state index is 6.06. The average Bonchev–Trinajstić information content (AvgIpc) is 2.82. The number of guanidine groups is 1. The Morgan fingerprint density at radius 3 is 2.71 bits per heavy atom. The molecule has 0 amide bonds. The van der Waals surface area contributed by atoms with Crippen LogP contribution in [0.25, 0.3) is 0 Å². The van der Waals surface area contributed by atoms with Gasteiger partial charge in [0.1, 0.15) is 12.4 Å². The van der Waals surface area contributed by atoms with Crippen LogP contribution in [-0.2, 0) is 6.54 Å². The Bertz CT molecular complexity index is 508. The summed E-state index contributed by atoms with van der Waals surface area (Å²) in [5.74, 6) is 1.45. The van der Waals surface area contributed by atoms with Crippen LogP contribution in [-0.4, -0.2) is 44.1 Å². The first-order valence-corrected chi connectivity index (χ1v) is 9.06. The van der Waals surface area contributed by atoms with Crippen molar-refractivity contribution in [1.29, 1.82) is 0 Å². The van der Waals surface area contributed by atoms with Crippen LogP contribution in [0, 0.1) is 0 Å². The minimum atomic E-state index is 0.483. The van der Waals surface area contributed by atoms with Crippen LogP contribution in [0.2, 0.25) is 0 Å². The number of likely N-dealkylation sites (N-methyl/N-ethyl adjacent to an activating group) is 1. The van der Waals surface area contributed by atoms with E-state index in [9.17, 15) is 0 Å². The van der Waals surface area contributed by atoms with E-state index >= 15 is 0 Å². The zero-order valence-corrected chi connectivity index (χ0v) is 15.1. The van der Waals surface area contributed by atoms with E-state index in [2.05, 4.69) is 21.3 Å². The van der Waals surface area contributed by atoms with Crippen molar-refractivity contribution < 1.29 is 4.74 Å². The van der Waals surface area contributed by atoms with Crippen molar-refractivity contribution in [2.45, 2.75) is 51.1 Å². The third-order valence-electron chi connectivity index (χ3n) is 4.34. The van der Waals surface area contributed by atoms with Crippen LogP contribution in [0.5, 0.6) is 5.75 Å². The van der Waals surface area contributed by atoms with Crippen LogP contribution in [0.1, 0.15) is 44.1 Å². The predicted molar refractivity (Wildman–Crippen MR) is 100 cm³/mol. The Hall–Kier alpha value is -1.75. The highest BCUT2D eigenvalue weighted by Crippen LogP contribution is 2.17. The lowest BCUT2D eigenvalue weighted by molar-refractivity contribution is 0.261. The first kappa shape index (κ1) is 18.6. The highest BCUT2D eigenvalue weighted by Gasteiger charge is 2.12. The van der Waals surface area contributed by atoms with Crippen molar-refractivity contribution in [2.75, 3.05) is 27.2 Å². The molecule has 1 fully saturated rings. The van der Waals surface area contributed by atoms with E-state index in [4.69, 9.17) is 10.5 Å². The molecule has 5 heteroatoms. The second kappa shape index (κ2) is 10.2. The summed E-state index contributed by atoms with van der Waals surface area (Å²) in [5, 5.41) is 3.38. The number of aliphatic imine (C=N–C) groups is 1. The lowest BCUT2D eigenvalue weighted by Crippen LogP contribution is -2.39. The number of nitrogens with zero attached hydrogens (tertiary/aromatic N) is 2. The molecular weight excluding hydrogens is 300 g/mol. The first-order valence-electron chi connectivity index (χ1n) is 9.06. The number of hydrogen-bond acceptors (Lipinski definition) is 3. The number of rotatable bonds is 7. The molecule has 3 N–H and O–H groups in total. The molecule has 0 aromatic heterocycles. The van der Waals surface area contributed by atoms with Gasteiger partial charge in [-0.2, -0.15) is 0 Å². The van der Waals surface area contributed by atoms with Crippen molar-refractivity contribution in [1.82, 2.24) is 10.2 Å². The first-order chi connectivity index (χ1) is 11.6. The van der Waals surface area contributed by atoms with Crippen molar-refractivity contribution in [2.24, 2.45) is 10.7 Å². The van der Waals surface area contributed by atoms with Crippen molar-refractivity contribution in [3.05, 3.63) is 29.8 Å². The summed E-state index contributed by atoms with van der Waals surface area (Å²) in [6.45, 7) is 2.17. The van der Waals surface area contributed by atoms with Gasteiger partial charge in [0.25, 0.3) is 0 Å². The molecule has 0 saturated heterocycles. The minimum Gasteiger partial charge on any atom is -0.492 e. The van der Waals surface area contributed by atoms with Crippen LogP contribution in [0.4, 0.5) is 0 Å². The zero-order chi connectivity index (χ0) is 17.2. The van der Waals surface area contributed by atoms with Gasteiger partial charge >= 0.3 is 0 Å². The zero-order valence-electron chi connectivity index (χ0n) is 15.1. The smallest absolute Gasteiger partial charge is 0.189 e. The fraction of sp³-hybridized carbons (Fsp3) is 0.632. The Morgan fingerprint density at radius 2 is 2.00 bits per heavy atom.